The minimum atomic E-state index is -0.0000200. The minimum absolute atomic E-state index is 0. The Bertz CT molecular complexity index is 943. The second-order valence-electron chi connectivity index (χ2n) is 7.01. The first-order valence-electron chi connectivity index (χ1n) is 9.31. The predicted octanol–water partition coefficient (Wildman–Crippen LogP) is 2.27. The number of nitrogens with zero attached hydrogens (tertiary/aromatic N) is 5. The third-order valence-electron chi connectivity index (χ3n) is 5.38. The van der Waals surface area contributed by atoms with Crippen molar-refractivity contribution in [3.8, 4) is 10.6 Å². The van der Waals surface area contributed by atoms with E-state index in [1.54, 1.807) is 11.3 Å². The number of carbonyl (C=O) groups excluding carboxylic acids is 1. The molecule has 1 amide bonds. The number of aromatic amines is 1. The lowest BCUT2D eigenvalue weighted by Crippen LogP contribution is -2.39. The van der Waals surface area contributed by atoms with E-state index in [0.29, 0.717) is 11.6 Å². The Kier molecular flexibility index (Phi) is 5.47. The van der Waals surface area contributed by atoms with E-state index in [4.69, 9.17) is 0 Å². The largest absolute Gasteiger partial charge is 0.337 e. The van der Waals surface area contributed by atoms with E-state index in [0.717, 1.165) is 67.8 Å². The third kappa shape index (κ3) is 3.45. The van der Waals surface area contributed by atoms with Crippen molar-refractivity contribution in [2.24, 2.45) is 0 Å². The SMILES string of the molecule is Cl.O=C(c1cc(-c2cccs2)[nH]n1)N1CCC(c2nnc3n2CCNC3)CC1. The molecule has 28 heavy (non-hydrogen) atoms. The van der Waals surface area contributed by atoms with Crippen LogP contribution in [0.4, 0.5) is 0 Å². The summed E-state index contributed by atoms with van der Waals surface area (Å²) in [4.78, 5) is 15.8. The molecule has 1 saturated heterocycles. The van der Waals surface area contributed by atoms with E-state index >= 15 is 0 Å². The van der Waals surface area contributed by atoms with Crippen molar-refractivity contribution < 1.29 is 4.79 Å². The Balaban J connectivity index is 0.00000192. The molecular weight excluding hydrogens is 398 g/mol. The number of likely N-dealkylation sites (tertiary alicyclic amines) is 1. The number of nitrogens with one attached hydrogen (secondary N) is 2. The zero-order chi connectivity index (χ0) is 18.2. The highest BCUT2D eigenvalue weighted by molar-refractivity contribution is 7.13. The van der Waals surface area contributed by atoms with Crippen LogP contribution in [0.15, 0.2) is 23.6 Å². The van der Waals surface area contributed by atoms with Gasteiger partial charge in [-0.2, -0.15) is 5.10 Å². The van der Waals surface area contributed by atoms with Crippen LogP contribution in [-0.4, -0.2) is 55.4 Å². The van der Waals surface area contributed by atoms with Crippen LogP contribution in [0.25, 0.3) is 10.6 Å². The molecule has 5 heterocycles. The average Bonchev–Trinajstić information content (AvgIpc) is 3.47. The van der Waals surface area contributed by atoms with Crippen LogP contribution in [0.5, 0.6) is 0 Å². The molecule has 2 aliphatic heterocycles. The van der Waals surface area contributed by atoms with E-state index in [9.17, 15) is 4.79 Å². The fourth-order valence-corrected chi connectivity index (χ4v) is 4.60. The maximum absolute atomic E-state index is 12.8. The Hall–Kier alpha value is -2.23. The monoisotopic (exact) mass is 419 g/mol. The molecule has 2 N–H and O–H groups in total. The lowest BCUT2D eigenvalue weighted by Gasteiger charge is -2.31. The summed E-state index contributed by atoms with van der Waals surface area (Å²) < 4.78 is 2.25. The first-order chi connectivity index (χ1) is 13.3. The lowest BCUT2D eigenvalue weighted by molar-refractivity contribution is 0.0704. The van der Waals surface area contributed by atoms with Gasteiger partial charge in [0, 0.05) is 32.1 Å². The minimum Gasteiger partial charge on any atom is -0.337 e. The van der Waals surface area contributed by atoms with Crippen molar-refractivity contribution in [1.29, 1.82) is 0 Å². The van der Waals surface area contributed by atoms with Crippen molar-refractivity contribution in [3.63, 3.8) is 0 Å². The fourth-order valence-electron chi connectivity index (χ4n) is 3.91. The number of fused-ring (bicyclic) bond motifs is 1. The van der Waals surface area contributed by atoms with Gasteiger partial charge in [-0.3, -0.25) is 9.89 Å². The van der Waals surface area contributed by atoms with Crippen molar-refractivity contribution in [1.82, 2.24) is 35.2 Å². The average molecular weight is 420 g/mol. The summed E-state index contributed by atoms with van der Waals surface area (Å²) in [5.41, 5.74) is 1.38. The van der Waals surface area contributed by atoms with Crippen LogP contribution < -0.4 is 5.32 Å². The molecule has 0 unspecified atom stereocenters. The molecule has 0 spiro atoms. The van der Waals surface area contributed by atoms with Crippen LogP contribution in [0.2, 0.25) is 0 Å². The van der Waals surface area contributed by atoms with E-state index in [1.807, 2.05) is 28.5 Å². The van der Waals surface area contributed by atoms with Gasteiger partial charge >= 0.3 is 0 Å². The summed E-state index contributed by atoms with van der Waals surface area (Å²) in [6.45, 7) is 4.13. The summed E-state index contributed by atoms with van der Waals surface area (Å²) in [5, 5.41) is 21.3. The van der Waals surface area contributed by atoms with Gasteiger partial charge in [0.1, 0.15) is 11.6 Å². The van der Waals surface area contributed by atoms with Gasteiger partial charge < -0.3 is 14.8 Å². The zero-order valence-corrected chi connectivity index (χ0v) is 16.9. The second-order valence-corrected chi connectivity index (χ2v) is 7.96. The highest BCUT2D eigenvalue weighted by Gasteiger charge is 2.30. The Labute approximate surface area is 172 Å². The number of amides is 1. The van der Waals surface area contributed by atoms with Crippen LogP contribution >= 0.6 is 23.7 Å². The number of aromatic nitrogens is 5. The first-order valence-corrected chi connectivity index (χ1v) is 10.2. The molecule has 5 rings (SSSR count). The van der Waals surface area contributed by atoms with Crippen LogP contribution in [0.3, 0.4) is 0 Å². The van der Waals surface area contributed by atoms with Gasteiger partial charge in [-0.1, -0.05) is 6.07 Å². The highest BCUT2D eigenvalue weighted by atomic mass is 35.5. The molecule has 0 radical (unpaired) electrons. The number of piperidine rings is 1. The first kappa shape index (κ1) is 19.1. The van der Waals surface area contributed by atoms with Gasteiger partial charge in [0.15, 0.2) is 5.69 Å². The standard InChI is InChI=1S/C18H21N7OS.ClH/c26-18(14-10-13(20-21-14)15-2-1-9-27-15)24-6-3-12(4-7-24)17-23-22-16-11-19-5-8-25(16)17;/h1-2,9-10,12,19H,3-8,11H2,(H,20,21);1H. The maximum atomic E-state index is 12.8. The van der Waals surface area contributed by atoms with Gasteiger partial charge in [0.05, 0.1) is 17.1 Å². The number of halogens is 1. The van der Waals surface area contributed by atoms with Gasteiger partial charge in [-0.15, -0.1) is 33.9 Å². The summed E-state index contributed by atoms with van der Waals surface area (Å²) in [7, 11) is 0. The topological polar surface area (TPSA) is 91.7 Å². The quantitative estimate of drug-likeness (QED) is 0.679. The molecule has 0 atom stereocenters. The van der Waals surface area contributed by atoms with Crippen molar-refractivity contribution in [2.45, 2.75) is 31.8 Å². The second kappa shape index (κ2) is 8.02. The fraction of sp³-hybridized carbons (Fsp3) is 0.444. The number of carbonyl (C=O) groups is 1. The molecule has 0 aliphatic carbocycles. The molecule has 2 aliphatic rings. The molecule has 3 aromatic rings. The summed E-state index contributed by atoms with van der Waals surface area (Å²) in [6.07, 6.45) is 1.83. The maximum Gasteiger partial charge on any atom is 0.274 e. The molecule has 0 saturated carbocycles. The highest BCUT2D eigenvalue weighted by Crippen LogP contribution is 2.29. The van der Waals surface area contributed by atoms with Crippen molar-refractivity contribution in [3.05, 3.63) is 40.9 Å². The van der Waals surface area contributed by atoms with Crippen LogP contribution in [0.1, 0.15) is 40.9 Å². The molecule has 10 heteroatoms. The molecular formula is C18H22ClN7OS. The molecule has 148 valence electrons. The van der Waals surface area contributed by atoms with Crippen LogP contribution in [0, 0.1) is 0 Å². The third-order valence-corrected chi connectivity index (χ3v) is 6.29. The number of hydrogen-bond acceptors (Lipinski definition) is 6. The van der Waals surface area contributed by atoms with Crippen LogP contribution in [-0.2, 0) is 13.1 Å². The smallest absolute Gasteiger partial charge is 0.274 e. The van der Waals surface area contributed by atoms with Crippen molar-refractivity contribution >= 4 is 29.7 Å². The number of rotatable bonds is 3. The molecule has 0 bridgehead atoms. The normalized spacial score (nSPS) is 17.2. The molecule has 1 fully saturated rings. The van der Waals surface area contributed by atoms with Gasteiger partial charge in [0.25, 0.3) is 5.91 Å². The predicted molar refractivity (Wildman–Crippen MR) is 109 cm³/mol. The number of hydrogen-bond donors (Lipinski definition) is 2. The Morgan fingerprint density at radius 2 is 2.07 bits per heavy atom. The number of thiophene rings is 1. The van der Waals surface area contributed by atoms with Gasteiger partial charge in [0.2, 0.25) is 0 Å². The molecule has 0 aromatic carbocycles. The Morgan fingerprint density at radius 3 is 2.86 bits per heavy atom. The summed E-state index contributed by atoms with van der Waals surface area (Å²) in [6, 6.07) is 5.86. The number of H-pyrrole nitrogens is 1. The zero-order valence-electron chi connectivity index (χ0n) is 15.3. The van der Waals surface area contributed by atoms with E-state index in [1.165, 1.54) is 0 Å². The summed E-state index contributed by atoms with van der Waals surface area (Å²) in [5.74, 6) is 2.47. The summed E-state index contributed by atoms with van der Waals surface area (Å²) >= 11 is 1.63. The van der Waals surface area contributed by atoms with Gasteiger partial charge in [-0.25, -0.2) is 0 Å². The van der Waals surface area contributed by atoms with E-state index in [-0.39, 0.29) is 18.3 Å². The van der Waals surface area contributed by atoms with Gasteiger partial charge in [-0.05, 0) is 30.4 Å². The van der Waals surface area contributed by atoms with Crippen molar-refractivity contribution in [2.75, 3.05) is 19.6 Å². The van der Waals surface area contributed by atoms with E-state index in [2.05, 4.69) is 30.3 Å². The molecule has 3 aromatic heterocycles. The lowest BCUT2D eigenvalue weighted by atomic mass is 9.95. The Morgan fingerprint density at radius 1 is 1.21 bits per heavy atom. The molecule has 8 nitrogen and oxygen atoms in total. The van der Waals surface area contributed by atoms with E-state index < -0.39 is 0 Å².